The number of piperazine rings is 1. The van der Waals surface area contributed by atoms with E-state index in [1.807, 2.05) is 6.07 Å². The highest BCUT2D eigenvalue weighted by atomic mass is 32.1. The molecule has 0 aliphatic carbocycles. The summed E-state index contributed by atoms with van der Waals surface area (Å²) in [6, 6.07) is 7.26. The van der Waals surface area contributed by atoms with Crippen LogP contribution in [0.3, 0.4) is 0 Å². The van der Waals surface area contributed by atoms with Crippen LogP contribution < -0.4 is 20.3 Å². The monoisotopic (exact) mass is 498 g/mol. The van der Waals surface area contributed by atoms with Crippen molar-refractivity contribution in [2.45, 2.75) is 25.9 Å². The Balaban J connectivity index is 1.52. The average Bonchev–Trinajstić information content (AvgIpc) is 3.39. The number of aryl methyl sites for hydroxylation is 1. The molecule has 1 amide bonds. The predicted molar refractivity (Wildman–Crippen MR) is 135 cm³/mol. The van der Waals surface area contributed by atoms with Gasteiger partial charge in [0.15, 0.2) is 5.82 Å². The van der Waals surface area contributed by atoms with Crippen LogP contribution in [0.1, 0.15) is 24.2 Å². The van der Waals surface area contributed by atoms with Gasteiger partial charge in [0.25, 0.3) is 11.1 Å². The van der Waals surface area contributed by atoms with E-state index >= 15 is 0 Å². The Morgan fingerprint density at radius 2 is 2.06 bits per heavy atom. The zero-order valence-electron chi connectivity index (χ0n) is 19.7. The van der Waals surface area contributed by atoms with Crippen LogP contribution in [0.15, 0.2) is 30.5 Å². The van der Waals surface area contributed by atoms with Gasteiger partial charge in [0, 0.05) is 49.5 Å². The van der Waals surface area contributed by atoms with E-state index in [4.69, 9.17) is 9.84 Å². The smallest absolute Gasteiger partial charge is 0.274 e. The Bertz CT molecular complexity index is 1390. The summed E-state index contributed by atoms with van der Waals surface area (Å²) in [6.07, 6.45) is 1.70. The number of carbonyl (C=O) groups excluding carboxylic acids is 1. The number of ether oxygens (including phenoxy) is 1. The van der Waals surface area contributed by atoms with Crippen LogP contribution in [-0.2, 0) is 7.05 Å². The number of amides is 1. The minimum atomic E-state index is -0.505. The van der Waals surface area contributed by atoms with Gasteiger partial charge in [-0.25, -0.2) is 9.37 Å². The Kier molecular flexibility index (Phi) is 6.30. The molecule has 2 aromatic carbocycles. The number of halogens is 1. The number of aliphatic hydroxyl groups is 1. The Morgan fingerprint density at radius 3 is 2.80 bits per heavy atom. The Morgan fingerprint density at radius 1 is 1.29 bits per heavy atom. The number of benzene rings is 2. The first-order valence-electron chi connectivity index (χ1n) is 11.4. The second-order valence-corrected chi connectivity index (χ2v) is 9.85. The quantitative estimate of drug-likeness (QED) is 0.375. The molecule has 0 saturated carbocycles. The number of anilines is 2. The van der Waals surface area contributed by atoms with Crippen molar-refractivity contribution < 1.29 is 19.0 Å². The maximum absolute atomic E-state index is 14.5. The molecular weight excluding hydrogens is 471 g/mol. The summed E-state index contributed by atoms with van der Waals surface area (Å²) in [4.78, 5) is 20.2. The average molecular weight is 499 g/mol. The summed E-state index contributed by atoms with van der Waals surface area (Å²) >= 11 is 1.35. The molecule has 1 fully saturated rings. The molecule has 4 aromatic rings. The molecule has 0 radical (unpaired) electrons. The lowest BCUT2D eigenvalue weighted by molar-refractivity contribution is 0.102. The molecule has 9 nitrogen and oxygen atoms in total. The van der Waals surface area contributed by atoms with Crippen molar-refractivity contribution in [3.05, 3.63) is 41.8 Å². The number of thiazole rings is 1. The first-order valence-corrected chi connectivity index (χ1v) is 12.3. The van der Waals surface area contributed by atoms with Gasteiger partial charge in [0.05, 0.1) is 22.6 Å². The van der Waals surface area contributed by atoms with Gasteiger partial charge in [-0.2, -0.15) is 5.10 Å². The van der Waals surface area contributed by atoms with Crippen LogP contribution >= 0.6 is 11.3 Å². The molecule has 11 heteroatoms. The SMILES string of the molecule is C[C@H]1CN(c2ccc(C(=O)Nc3cc(F)c4nn(C)cc4c3)c3nc(OCCO)sc23)C[C@H](C)N1. The fraction of sp³-hybridized carbons (Fsp3) is 0.375. The molecule has 2 atom stereocenters. The summed E-state index contributed by atoms with van der Waals surface area (Å²) in [5, 5.41) is 20.6. The lowest BCUT2D eigenvalue weighted by Gasteiger charge is -2.37. The number of aliphatic hydroxyl groups excluding tert-OH is 1. The third-order valence-corrected chi connectivity index (χ3v) is 6.89. The topological polar surface area (TPSA) is 105 Å². The molecule has 184 valence electrons. The maximum Gasteiger partial charge on any atom is 0.274 e. The van der Waals surface area contributed by atoms with Gasteiger partial charge in [-0.15, -0.1) is 0 Å². The standard InChI is InChI=1S/C24H27FN6O3S/c1-13-10-31(11-14(2)26-13)19-5-4-17(21-22(19)35-24(28-21)34-7-6-32)23(33)27-16-8-15-12-30(3)29-20(15)18(25)9-16/h4-5,8-9,12-14,26,32H,6-7,10-11H2,1-3H3,(H,27,33)/t13-,14-/m0/s1. The number of hydrogen-bond donors (Lipinski definition) is 3. The van der Waals surface area contributed by atoms with Gasteiger partial charge < -0.3 is 25.4 Å². The molecule has 0 bridgehead atoms. The highest BCUT2D eigenvalue weighted by Crippen LogP contribution is 2.38. The molecule has 35 heavy (non-hydrogen) atoms. The molecule has 1 saturated heterocycles. The summed E-state index contributed by atoms with van der Waals surface area (Å²) < 4.78 is 22.5. The number of carbonyl (C=O) groups is 1. The van der Waals surface area contributed by atoms with E-state index < -0.39 is 11.7 Å². The van der Waals surface area contributed by atoms with Crippen LogP contribution in [0.25, 0.3) is 21.1 Å². The van der Waals surface area contributed by atoms with Crippen molar-refractivity contribution in [3.8, 4) is 5.19 Å². The summed E-state index contributed by atoms with van der Waals surface area (Å²) in [6.45, 7) is 5.90. The first kappa shape index (κ1) is 23.5. The van der Waals surface area contributed by atoms with Crippen molar-refractivity contribution in [1.82, 2.24) is 20.1 Å². The van der Waals surface area contributed by atoms with E-state index in [-0.39, 0.29) is 18.7 Å². The third kappa shape index (κ3) is 4.66. The molecular formula is C24H27FN6O3S. The van der Waals surface area contributed by atoms with Crippen LogP contribution in [0.5, 0.6) is 5.19 Å². The van der Waals surface area contributed by atoms with Crippen LogP contribution in [0.4, 0.5) is 15.8 Å². The first-order chi connectivity index (χ1) is 16.8. The summed E-state index contributed by atoms with van der Waals surface area (Å²) in [5.41, 5.74) is 2.45. The number of hydrogen-bond acceptors (Lipinski definition) is 8. The molecule has 0 unspecified atom stereocenters. The molecule has 1 aliphatic heterocycles. The number of nitrogens with zero attached hydrogens (tertiary/aromatic N) is 4. The second-order valence-electron chi connectivity index (χ2n) is 8.89. The van der Waals surface area contributed by atoms with Gasteiger partial charge in [0.1, 0.15) is 17.6 Å². The van der Waals surface area contributed by atoms with Crippen molar-refractivity contribution in [2.24, 2.45) is 7.05 Å². The Labute approximate surface area is 205 Å². The third-order valence-electron chi connectivity index (χ3n) is 5.90. The van der Waals surface area contributed by atoms with Gasteiger partial charge in [-0.05, 0) is 38.1 Å². The van der Waals surface area contributed by atoms with Crippen molar-refractivity contribution in [1.29, 1.82) is 0 Å². The fourth-order valence-corrected chi connectivity index (χ4v) is 5.61. The summed E-state index contributed by atoms with van der Waals surface area (Å²) in [5.74, 6) is -0.903. The van der Waals surface area contributed by atoms with Crippen LogP contribution in [-0.4, -0.2) is 64.2 Å². The lowest BCUT2D eigenvalue weighted by atomic mass is 10.1. The van der Waals surface area contributed by atoms with Crippen molar-refractivity contribution in [2.75, 3.05) is 36.5 Å². The van der Waals surface area contributed by atoms with Crippen molar-refractivity contribution >= 4 is 49.7 Å². The van der Waals surface area contributed by atoms with E-state index in [0.717, 1.165) is 23.5 Å². The molecule has 2 aromatic heterocycles. The Hall–Kier alpha value is -3.28. The zero-order chi connectivity index (χ0) is 24.7. The lowest BCUT2D eigenvalue weighted by Crippen LogP contribution is -2.54. The van der Waals surface area contributed by atoms with Crippen LogP contribution in [0.2, 0.25) is 0 Å². The highest BCUT2D eigenvalue weighted by molar-refractivity contribution is 7.21. The number of aromatic nitrogens is 3. The van der Waals surface area contributed by atoms with E-state index in [9.17, 15) is 9.18 Å². The number of rotatable bonds is 6. The second kappa shape index (κ2) is 9.40. The molecule has 0 spiro atoms. The minimum absolute atomic E-state index is 0.114. The molecule has 3 heterocycles. The highest BCUT2D eigenvalue weighted by Gasteiger charge is 2.26. The maximum atomic E-state index is 14.5. The van der Waals surface area contributed by atoms with Gasteiger partial charge in [-0.1, -0.05) is 11.3 Å². The van der Waals surface area contributed by atoms with Crippen molar-refractivity contribution in [3.63, 3.8) is 0 Å². The largest absolute Gasteiger partial charge is 0.468 e. The van der Waals surface area contributed by atoms with Gasteiger partial charge in [0.2, 0.25) is 0 Å². The number of fused-ring (bicyclic) bond motifs is 2. The molecule has 1 aliphatic rings. The van der Waals surface area contributed by atoms with Gasteiger partial charge >= 0.3 is 0 Å². The van der Waals surface area contributed by atoms with E-state index in [2.05, 4.69) is 39.5 Å². The fourth-order valence-electron chi connectivity index (χ4n) is 4.61. The number of nitrogens with one attached hydrogen (secondary N) is 2. The minimum Gasteiger partial charge on any atom is -0.468 e. The van der Waals surface area contributed by atoms with E-state index in [1.54, 1.807) is 25.4 Å². The van der Waals surface area contributed by atoms with E-state index in [1.165, 1.54) is 22.1 Å². The molecule has 5 rings (SSSR count). The van der Waals surface area contributed by atoms with Crippen LogP contribution in [0, 0.1) is 5.82 Å². The normalized spacial score (nSPS) is 18.4. The predicted octanol–water partition coefficient (Wildman–Crippen LogP) is 3.13. The zero-order valence-corrected chi connectivity index (χ0v) is 20.5. The van der Waals surface area contributed by atoms with Gasteiger partial charge in [-0.3, -0.25) is 9.48 Å². The molecule has 3 N–H and O–H groups in total. The van der Waals surface area contributed by atoms with E-state index in [0.29, 0.717) is 39.4 Å². The summed E-state index contributed by atoms with van der Waals surface area (Å²) in [7, 11) is 1.72.